The van der Waals surface area contributed by atoms with Gasteiger partial charge in [0, 0.05) is 49.3 Å². The van der Waals surface area contributed by atoms with Crippen molar-refractivity contribution in [3.05, 3.63) is 65.9 Å². The fraction of sp³-hybridized carbons (Fsp3) is 0.364. The molecule has 2 aromatic carbocycles. The molecule has 4 aromatic rings. The Kier molecular flexibility index (Phi) is 8.04. The SMILES string of the molecule is COc1cc(C(=O)NC2(CO)CCN(C)C2)ccc1-c1cc2nccc(-c3ccc(OC4CCOCC4)c(C#N)c3)c2o1. The summed E-state index contributed by atoms with van der Waals surface area (Å²) in [6.45, 7) is 2.57. The van der Waals surface area contributed by atoms with Crippen LogP contribution >= 0.6 is 0 Å². The van der Waals surface area contributed by atoms with Crippen molar-refractivity contribution in [2.45, 2.75) is 30.9 Å². The first kappa shape index (κ1) is 28.7. The predicted molar refractivity (Wildman–Crippen MR) is 160 cm³/mol. The highest BCUT2D eigenvalue weighted by Gasteiger charge is 2.37. The van der Waals surface area contributed by atoms with Crippen molar-refractivity contribution in [1.29, 1.82) is 5.26 Å². The Hall–Kier alpha value is -4.43. The van der Waals surface area contributed by atoms with Crippen LogP contribution in [0.5, 0.6) is 11.5 Å². The van der Waals surface area contributed by atoms with Crippen LogP contribution < -0.4 is 14.8 Å². The van der Waals surface area contributed by atoms with Crippen LogP contribution in [0.4, 0.5) is 0 Å². The molecule has 1 amide bonds. The van der Waals surface area contributed by atoms with Crippen molar-refractivity contribution >= 4 is 17.0 Å². The van der Waals surface area contributed by atoms with Crippen LogP contribution in [0, 0.1) is 11.3 Å². The minimum absolute atomic E-state index is 0.0274. The fourth-order valence-electron chi connectivity index (χ4n) is 5.86. The molecule has 6 rings (SSSR count). The number of nitrogens with one attached hydrogen (secondary N) is 1. The molecule has 0 aliphatic carbocycles. The van der Waals surface area contributed by atoms with E-state index in [1.165, 1.54) is 0 Å². The molecule has 43 heavy (non-hydrogen) atoms. The number of carbonyl (C=O) groups is 1. The summed E-state index contributed by atoms with van der Waals surface area (Å²) in [7, 11) is 3.51. The van der Waals surface area contributed by atoms with E-state index in [2.05, 4.69) is 21.3 Å². The summed E-state index contributed by atoms with van der Waals surface area (Å²) in [5.41, 5.74) is 3.67. The lowest BCUT2D eigenvalue weighted by atomic mass is 9.98. The number of carbonyl (C=O) groups excluding carboxylic acids is 1. The van der Waals surface area contributed by atoms with Crippen molar-refractivity contribution < 1.29 is 28.5 Å². The summed E-state index contributed by atoms with van der Waals surface area (Å²) >= 11 is 0. The largest absolute Gasteiger partial charge is 0.496 e. The fourth-order valence-corrected chi connectivity index (χ4v) is 5.86. The molecule has 10 heteroatoms. The summed E-state index contributed by atoms with van der Waals surface area (Å²) in [5, 5.41) is 22.9. The first-order chi connectivity index (χ1) is 20.9. The smallest absolute Gasteiger partial charge is 0.251 e. The lowest BCUT2D eigenvalue weighted by molar-refractivity contribution is 0.0254. The van der Waals surface area contributed by atoms with E-state index in [1.54, 1.807) is 37.6 Å². The number of nitriles is 1. The van der Waals surface area contributed by atoms with Gasteiger partial charge in [-0.2, -0.15) is 5.26 Å². The van der Waals surface area contributed by atoms with Crippen LogP contribution in [-0.2, 0) is 4.74 Å². The summed E-state index contributed by atoms with van der Waals surface area (Å²) in [6, 6.07) is 16.7. The zero-order chi connectivity index (χ0) is 30.0. The number of rotatable bonds is 8. The van der Waals surface area contributed by atoms with E-state index in [1.807, 2.05) is 31.3 Å². The standard InChI is InChI=1S/C33H34N4O6/c1-37-12-10-33(19-37,20-38)36-32(39)22-3-5-26(29(16-22)40-2)30-17-27-31(43-30)25(7-11-35-27)21-4-6-28(23(15-21)18-34)42-24-8-13-41-14-9-24/h3-7,11,15-17,24,38H,8-10,12-14,19-20H2,1-2H3,(H,36,39). The maximum atomic E-state index is 13.2. The molecular formula is C33H34N4O6. The number of methoxy groups -OCH3 is 1. The molecule has 0 radical (unpaired) electrons. The Bertz CT molecular complexity index is 1690. The number of ether oxygens (including phenoxy) is 3. The Morgan fingerprint density at radius 1 is 1.16 bits per heavy atom. The van der Waals surface area contributed by atoms with Gasteiger partial charge >= 0.3 is 0 Å². The molecule has 2 aliphatic heterocycles. The number of furan rings is 1. The van der Waals surface area contributed by atoms with E-state index in [0.717, 1.165) is 30.5 Å². The Balaban J connectivity index is 1.29. The molecular weight excluding hydrogens is 548 g/mol. The van der Waals surface area contributed by atoms with Gasteiger partial charge in [0.1, 0.15) is 34.9 Å². The highest BCUT2D eigenvalue weighted by molar-refractivity contribution is 5.97. The highest BCUT2D eigenvalue weighted by Crippen LogP contribution is 2.38. The molecule has 0 bridgehead atoms. The molecule has 2 saturated heterocycles. The Morgan fingerprint density at radius 3 is 2.72 bits per heavy atom. The van der Waals surface area contributed by atoms with Gasteiger partial charge in [0.25, 0.3) is 5.91 Å². The van der Waals surface area contributed by atoms with Crippen LogP contribution in [0.15, 0.2) is 59.1 Å². The number of pyridine rings is 1. The number of nitrogens with zero attached hydrogens (tertiary/aromatic N) is 3. The van der Waals surface area contributed by atoms with Gasteiger partial charge in [-0.25, -0.2) is 0 Å². The molecule has 222 valence electrons. The number of hydrogen-bond acceptors (Lipinski definition) is 9. The monoisotopic (exact) mass is 582 g/mol. The van der Waals surface area contributed by atoms with Crippen LogP contribution in [0.1, 0.15) is 35.2 Å². The normalized spacial score (nSPS) is 19.3. The average molecular weight is 583 g/mol. The van der Waals surface area contributed by atoms with Gasteiger partial charge in [0.15, 0.2) is 5.58 Å². The number of benzene rings is 2. The zero-order valence-electron chi connectivity index (χ0n) is 24.3. The molecule has 0 spiro atoms. The van der Waals surface area contributed by atoms with Crippen LogP contribution in [-0.4, -0.2) is 79.6 Å². The topological polar surface area (TPSA) is 130 Å². The van der Waals surface area contributed by atoms with E-state index >= 15 is 0 Å². The van der Waals surface area contributed by atoms with Crippen molar-refractivity contribution in [3.8, 4) is 40.0 Å². The number of amides is 1. The van der Waals surface area contributed by atoms with Gasteiger partial charge in [-0.15, -0.1) is 0 Å². The molecule has 1 unspecified atom stereocenters. The summed E-state index contributed by atoms with van der Waals surface area (Å²) in [6.07, 6.45) is 4.00. The van der Waals surface area contributed by atoms with E-state index < -0.39 is 5.54 Å². The second kappa shape index (κ2) is 12.1. The van der Waals surface area contributed by atoms with E-state index in [9.17, 15) is 15.2 Å². The molecule has 10 nitrogen and oxygen atoms in total. The molecule has 1 atom stereocenters. The van der Waals surface area contributed by atoms with Gasteiger partial charge in [0.2, 0.25) is 0 Å². The molecule has 4 heterocycles. The summed E-state index contributed by atoms with van der Waals surface area (Å²) in [4.78, 5) is 19.7. The maximum Gasteiger partial charge on any atom is 0.251 e. The average Bonchev–Trinajstić information content (AvgIpc) is 3.65. The minimum atomic E-state index is -0.668. The van der Waals surface area contributed by atoms with Gasteiger partial charge in [0.05, 0.1) is 43.6 Å². The zero-order valence-corrected chi connectivity index (χ0v) is 24.3. The summed E-state index contributed by atoms with van der Waals surface area (Å²) in [5.74, 6) is 1.28. The lowest BCUT2D eigenvalue weighted by Gasteiger charge is -2.28. The lowest BCUT2D eigenvalue weighted by Crippen LogP contribution is -2.53. The first-order valence-electron chi connectivity index (χ1n) is 14.4. The molecule has 2 aliphatic rings. The predicted octanol–water partition coefficient (Wildman–Crippen LogP) is 4.40. The number of fused-ring (bicyclic) bond motifs is 1. The van der Waals surface area contributed by atoms with Crippen LogP contribution in [0.2, 0.25) is 0 Å². The Morgan fingerprint density at radius 2 is 2.00 bits per heavy atom. The van der Waals surface area contributed by atoms with Crippen LogP contribution in [0.3, 0.4) is 0 Å². The Labute approximate surface area is 249 Å². The second-order valence-corrected chi connectivity index (χ2v) is 11.2. The van der Waals surface area contributed by atoms with Crippen LogP contribution in [0.25, 0.3) is 33.6 Å². The van der Waals surface area contributed by atoms with Gasteiger partial charge in [-0.1, -0.05) is 6.07 Å². The van der Waals surface area contributed by atoms with Crippen molar-refractivity contribution in [3.63, 3.8) is 0 Å². The number of aromatic nitrogens is 1. The number of likely N-dealkylation sites (tertiary alicyclic amines) is 1. The van der Waals surface area contributed by atoms with E-state index in [0.29, 0.717) is 71.2 Å². The molecule has 2 N–H and O–H groups in total. The quantitative estimate of drug-likeness (QED) is 0.311. The number of hydrogen-bond donors (Lipinski definition) is 2. The second-order valence-electron chi connectivity index (χ2n) is 11.2. The number of likely N-dealkylation sites (N-methyl/N-ethyl adjacent to an activating group) is 1. The van der Waals surface area contributed by atoms with E-state index in [4.69, 9.17) is 18.6 Å². The van der Waals surface area contributed by atoms with Gasteiger partial charge < -0.3 is 34.0 Å². The van der Waals surface area contributed by atoms with Gasteiger partial charge in [-0.3, -0.25) is 9.78 Å². The van der Waals surface area contributed by atoms with Crippen molar-refractivity contribution in [1.82, 2.24) is 15.2 Å². The van der Waals surface area contributed by atoms with Crippen molar-refractivity contribution in [2.75, 3.05) is 47.1 Å². The van der Waals surface area contributed by atoms with Gasteiger partial charge in [-0.05, 0) is 55.4 Å². The first-order valence-corrected chi connectivity index (χ1v) is 14.4. The number of aliphatic hydroxyl groups is 1. The molecule has 2 fully saturated rings. The minimum Gasteiger partial charge on any atom is -0.496 e. The summed E-state index contributed by atoms with van der Waals surface area (Å²) < 4.78 is 23.6. The molecule has 0 saturated carbocycles. The third-order valence-corrected chi connectivity index (χ3v) is 8.24. The third kappa shape index (κ3) is 5.79. The van der Waals surface area contributed by atoms with E-state index in [-0.39, 0.29) is 18.6 Å². The third-order valence-electron chi connectivity index (χ3n) is 8.24. The number of aliphatic hydroxyl groups excluding tert-OH is 1. The van der Waals surface area contributed by atoms with Crippen molar-refractivity contribution in [2.24, 2.45) is 0 Å². The molecule has 2 aromatic heterocycles. The highest BCUT2D eigenvalue weighted by atomic mass is 16.5. The maximum absolute atomic E-state index is 13.2.